The van der Waals surface area contributed by atoms with Crippen LogP contribution in [-0.4, -0.2) is 25.5 Å². The number of nitrogens with two attached hydrogens (primary N) is 1. The van der Waals surface area contributed by atoms with E-state index in [1.54, 1.807) is 6.07 Å². The summed E-state index contributed by atoms with van der Waals surface area (Å²) >= 11 is 9.21. The molecule has 0 saturated carbocycles. The molecule has 3 N–H and O–H groups in total. The van der Waals surface area contributed by atoms with E-state index >= 15 is 0 Å². The average molecular weight is 432 g/mol. The molecule has 0 fully saturated rings. The summed E-state index contributed by atoms with van der Waals surface area (Å²) in [6.45, 7) is -0.397. The van der Waals surface area contributed by atoms with Crippen molar-refractivity contribution in [1.29, 1.82) is 0 Å². The molecule has 0 radical (unpaired) electrons. The van der Waals surface area contributed by atoms with E-state index in [0.717, 1.165) is 0 Å². The average Bonchev–Trinajstić information content (AvgIpc) is 2.55. The summed E-state index contributed by atoms with van der Waals surface area (Å²) in [5, 5.41) is 2.48. The Morgan fingerprint density at radius 2 is 2.04 bits per heavy atom. The van der Waals surface area contributed by atoms with Crippen LogP contribution in [0.2, 0.25) is 5.02 Å². The smallest absolute Gasteiger partial charge is 0.255 e. The van der Waals surface area contributed by atoms with E-state index in [2.05, 4.69) is 21.2 Å². The molecule has 2 aromatic rings. The molecule has 25 heavy (non-hydrogen) atoms. The third-order valence-corrected chi connectivity index (χ3v) is 3.80. The van der Waals surface area contributed by atoms with E-state index in [0.29, 0.717) is 4.47 Å². The van der Waals surface area contributed by atoms with Crippen LogP contribution in [0.1, 0.15) is 10.4 Å². The van der Waals surface area contributed by atoms with Gasteiger partial charge in [0.1, 0.15) is 5.82 Å². The quantitative estimate of drug-likeness (QED) is 0.734. The van der Waals surface area contributed by atoms with E-state index < -0.39 is 24.2 Å². The lowest BCUT2D eigenvalue weighted by Crippen LogP contribution is -2.20. The first-order valence-electron chi connectivity index (χ1n) is 6.87. The maximum absolute atomic E-state index is 13.8. The van der Waals surface area contributed by atoms with Crippen molar-refractivity contribution in [3.05, 3.63) is 51.2 Å². The maximum atomic E-state index is 13.8. The second-order valence-corrected chi connectivity index (χ2v) is 6.15. The summed E-state index contributed by atoms with van der Waals surface area (Å²) in [7, 11) is 1.35. The van der Waals surface area contributed by atoms with Crippen molar-refractivity contribution < 1.29 is 23.5 Å². The van der Waals surface area contributed by atoms with Gasteiger partial charge in [-0.15, -0.1) is 0 Å². The molecular weight excluding hydrogens is 419 g/mol. The van der Waals surface area contributed by atoms with Crippen molar-refractivity contribution in [1.82, 2.24) is 0 Å². The first-order chi connectivity index (χ1) is 11.8. The topological polar surface area (TPSA) is 90.7 Å². The van der Waals surface area contributed by atoms with Crippen LogP contribution in [-0.2, 0) is 4.79 Å². The van der Waals surface area contributed by atoms with Crippen LogP contribution in [0.25, 0.3) is 0 Å². The second kappa shape index (κ2) is 8.17. The monoisotopic (exact) mass is 430 g/mol. The highest BCUT2D eigenvalue weighted by atomic mass is 79.9. The van der Waals surface area contributed by atoms with Gasteiger partial charge in [-0.05, 0) is 30.3 Å². The fourth-order valence-electron chi connectivity index (χ4n) is 1.92. The Kier molecular flexibility index (Phi) is 6.22. The number of benzene rings is 2. The first-order valence-corrected chi connectivity index (χ1v) is 8.04. The summed E-state index contributed by atoms with van der Waals surface area (Å²) in [5.41, 5.74) is 5.15. The normalized spacial score (nSPS) is 10.2. The molecular formula is C16H13BrClFN2O4. The molecule has 6 nitrogen and oxygen atoms in total. The molecule has 2 rings (SSSR count). The van der Waals surface area contributed by atoms with Gasteiger partial charge in [0.15, 0.2) is 18.1 Å². The minimum atomic E-state index is -0.689. The summed E-state index contributed by atoms with van der Waals surface area (Å²) in [5.74, 6) is -1.67. The molecule has 9 heteroatoms. The molecule has 0 saturated heterocycles. The third-order valence-electron chi connectivity index (χ3n) is 3.03. The minimum absolute atomic E-state index is 0.0114. The maximum Gasteiger partial charge on any atom is 0.255 e. The molecule has 0 aliphatic carbocycles. The van der Waals surface area contributed by atoms with Crippen LogP contribution in [0.4, 0.5) is 10.1 Å². The molecule has 2 amide bonds. The number of ether oxygens (including phenoxy) is 2. The number of hydrogen-bond donors (Lipinski definition) is 2. The van der Waals surface area contributed by atoms with E-state index in [-0.39, 0.29) is 27.8 Å². The van der Waals surface area contributed by atoms with Crippen molar-refractivity contribution in [2.24, 2.45) is 5.73 Å². The van der Waals surface area contributed by atoms with Gasteiger partial charge in [0.2, 0.25) is 0 Å². The Morgan fingerprint density at radius 1 is 1.32 bits per heavy atom. The van der Waals surface area contributed by atoms with Gasteiger partial charge in [-0.3, -0.25) is 9.59 Å². The largest absolute Gasteiger partial charge is 0.493 e. The lowest BCUT2D eigenvalue weighted by atomic mass is 10.1. The number of rotatable bonds is 6. The number of amides is 2. The summed E-state index contributed by atoms with van der Waals surface area (Å²) in [4.78, 5) is 23.2. The van der Waals surface area contributed by atoms with Gasteiger partial charge in [0.25, 0.3) is 11.8 Å². The summed E-state index contributed by atoms with van der Waals surface area (Å²) < 4.78 is 24.7. The Bertz CT molecular complexity index is 832. The highest BCUT2D eigenvalue weighted by molar-refractivity contribution is 9.10. The molecule has 0 aliphatic heterocycles. The lowest BCUT2D eigenvalue weighted by Gasteiger charge is -2.13. The second-order valence-electron chi connectivity index (χ2n) is 4.82. The Balaban J connectivity index is 2.27. The van der Waals surface area contributed by atoms with Gasteiger partial charge >= 0.3 is 0 Å². The number of halogens is 3. The zero-order chi connectivity index (χ0) is 18.6. The van der Waals surface area contributed by atoms with Crippen molar-refractivity contribution in [2.45, 2.75) is 0 Å². The number of nitrogens with one attached hydrogen (secondary N) is 1. The number of carbonyl (C=O) groups excluding carboxylic acids is 2. The SMILES string of the molecule is COc1cc(C(=O)Nc2ccc(Br)cc2F)cc(Cl)c1OCC(N)=O. The molecule has 2 aromatic carbocycles. The summed E-state index contributed by atoms with van der Waals surface area (Å²) in [6.07, 6.45) is 0. The molecule has 0 aromatic heterocycles. The Morgan fingerprint density at radius 3 is 2.64 bits per heavy atom. The number of primary amides is 1. The fourth-order valence-corrected chi connectivity index (χ4v) is 2.52. The predicted molar refractivity (Wildman–Crippen MR) is 94.7 cm³/mol. The number of anilines is 1. The Hall–Kier alpha value is -2.32. The fraction of sp³-hybridized carbons (Fsp3) is 0.125. The third kappa shape index (κ3) is 4.83. The van der Waals surface area contributed by atoms with Gasteiger partial charge in [0.05, 0.1) is 17.8 Å². The van der Waals surface area contributed by atoms with Crippen molar-refractivity contribution in [2.75, 3.05) is 19.0 Å². The highest BCUT2D eigenvalue weighted by Crippen LogP contribution is 2.36. The molecule has 0 atom stereocenters. The van der Waals surface area contributed by atoms with Crippen LogP contribution in [0.3, 0.4) is 0 Å². The van der Waals surface area contributed by atoms with E-state index in [1.807, 2.05) is 0 Å². The van der Waals surface area contributed by atoms with Crippen molar-refractivity contribution in [3.63, 3.8) is 0 Å². The van der Waals surface area contributed by atoms with Crippen molar-refractivity contribution in [3.8, 4) is 11.5 Å². The first kappa shape index (κ1) is 19.0. The van der Waals surface area contributed by atoms with Gasteiger partial charge < -0.3 is 20.5 Å². The van der Waals surface area contributed by atoms with Crippen molar-refractivity contribution >= 4 is 45.0 Å². The van der Waals surface area contributed by atoms with Crippen LogP contribution in [0.5, 0.6) is 11.5 Å². The zero-order valence-electron chi connectivity index (χ0n) is 12.9. The summed E-state index contributed by atoms with van der Waals surface area (Å²) in [6, 6.07) is 6.90. The van der Waals surface area contributed by atoms with Crippen LogP contribution in [0, 0.1) is 5.82 Å². The van der Waals surface area contributed by atoms with Gasteiger partial charge in [0, 0.05) is 10.0 Å². The number of methoxy groups -OCH3 is 1. The van der Waals surface area contributed by atoms with E-state index in [1.165, 1.54) is 31.4 Å². The standard InChI is InChI=1S/C16H13BrClFN2O4/c1-24-13-5-8(4-10(18)15(13)25-7-14(20)22)16(23)21-12-3-2-9(17)6-11(12)19/h2-6H,7H2,1H3,(H2,20,22)(H,21,23). The number of hydrogen-bond acceptors (Lipinski definition) is 4. The molecule has 0 heterocycles. The predicted octanol–water partition coefficient (Wildman–Crippen LogP) is 3.37. The number of carbonyl (C=O) groups is 2. The molecule has 132 valence electrons. The lowest BCUT2D eigenvalue weighted by molar-refractivity contribution is -0.119. The van der Waals surface area contributed by atoms with Crippen LogP contribution < -0.4 is 20.5 Å². The van der Waals surface area contributed by atoms with Crippen LogP contribution in [0.15, 0.2) is 34.8 Å². The minimum Gasteiger partial charge on any atom is -0.493 e. The molecule has 0 spiro atoms. The van der Waals surface area contributed by atoms with Gasteiger partial charge in [-0.2, -0.15) is 0 Å². The van der Waals surface area contributed by atoms with Gasteiger partial charge in [-0.25, -0.2) is 4.39 Å². The van der Waals surface area contributed by atoms with E-state index in [9.17, 15) is 14.0 Å². The van der Waals surface area contributed by atoms with E-state index in [4.69, 9.17) is 26.8 Å². The molecule has 0 bridgehead atoms. The molecule has 0 aliphatic rings. The zero-order valence-corrected chi connectivity index (χ0v) is 15.3. The van der Waals surface area contributed by atoms with Gasteiger partial charge in [-0.1, -0.05) is 27.5 Å². The Labute approximate surface area is 156 Å². The highest BCUT2D eigenvalue weighted by Gasteiger charge is 2.17. The molecule has 0 unspecified atom stereocenters. The van der Waals surface area contributed by atoms with Crippen LogP contribution >= 0.6 is 27.5 Å².